The fraction of sp³-hybridized carbons (Fsp3) is 0.0667. The largest absolute Gasteiger partial charge is 0.410 e. The Balaban J connectivity index is 2.61. The first-order valence-electron chi connectivity index (χ1n) is 5.75. The lowest BCUT2D eigenvalue weighted by Gasteiger charge is -2.12. The number of halogens is 2. The van der Waals surface area contributed by atoms with Gasteiger partial charge in [-0.1, -0.05) is 58.2 Å². The summed E-state index contributed by atoms with van der Waals surface area (Å²) in [5.41, 5.74) is 2.95. The summed E-state index contributed by atoms with van der Waals surface area (Å²) >= 11 is 12.1. The molecule has 0 heterocycles. The van der Waals surface area contributed by atoms with Crippen LogP contribution in [-0.2, 0) is 0 Å². The summed E-state index contributed by atoms with van der Waals surface area (Å²) in [5.74, 6) is 0. The van der Waals surface area contributed by atoms with Gasteiger partial charge in [0.2, 0.25) is 0 Å². The molecule has 0 amide bonds. The highest BCUT2D eigenvalue weighted by molar-refractivity contribution is 6.48. The number of aryl methyl sites for hydroxylation is 1. The molecular formula is C15H10Cl2N2O. The Morgan fingerprint density at radius 1 is 1.15 bits per heavy atom. The van der Waals surface area contributed by atoms with Crippen LogP contribution < -0.4 is 0 Å². The summed E-state index contributed by atoms with van der Waals surface area (Å²) in [7, 11) is 0. The molecule has 0 saturated carbocycles. The van der Waals surface area contributed by atoms with Gasteiger partial charge in [-0.3, -0.25) is 0 Å². The summed E-state index contributed by atoms with van der Waals surface area (Å²) < 4.78 is 0. The van der Waals surface area contributed by atoms with Gasteiger partial charge in [0.1, 0.15) is 11.8 Å². The number of allylic oxidation sites excluding steroid dienone is 6. The van der Waals surface area contributed by atoms with Crippen LogP contribution in [-0.4, -0.2) is 10.9 Å². The van der Waals surface area contributed by atoms with E-state index in [1.807, 2.05) is 31.2 Å². The summed E-state index contributed by atoms with van der Waals surface area (Å²) in [6.45, 7) is 1.97. The molecule has 1 aliphatic rings. The van der Waals surface area contributed by atoms with Gasteiger partial charge in [-0.05, 0) is 24.6 Å². The van der Waals surface area contributed by atoms with E-state index in [1.54, 1.807) is 0 Å². The van der Waals surface area contributed by atoms with Crippen molar-refractivity contribution in [3.63, 3.8) is 0 Å². The zero-order valence-corrected chi connectivity index (χ0v) is 12.1. The summed E-state index contributed by atoms with van der Waals surface area (Å²) in [4.78, 5) is 0. The van der Waals surface area contributed by atoms with Gasteiger partial charge in [0.25, 0.3) is 0 Å². The second-order valence-corrected chi connectivity index (χ2v) is 5.05. The Morgan fingerprint density at radius 3 is 2.35 bits per heavy atom. The highest BCUT2D eigenvalue weighted by Crippen LogP contribution is 2.32. The molecule has 0 atom stereocenters. The normalized spacial score (nSPS) is 19.2. The van der Waals surface area contributed by atoms with Crippen molar-refractivity contribution in [3.8, 4) is 6.07 Å². The number of benzene rings is 1. The van der Waals surface area contributed by atoms with Crippen molar-refractivity contribution in [2.45, 2.75) is 6.92 Å². The smallest absolute Gasteiger partial charge is 0.122 e. The second kappa shape index (κ2) is 5.96. The molecule has 1 N–H and O–H groups in total. The van der Waals surface area contributed by atoms with E-state index in [-0.39, 0.29) is 10.7 Å². The van der Waals surface area contributed by atoms with E-state index in [2.05, 4.69) is 11.2 Å². The van der Waals surface area contributed by atoms with Crippen LogP contribution >= 0.6 is 23.2 Å². The molecule has 0 unspecified atom stereocenters. The van der Waals surface area contributed by atoms with E-state index < -0.39 is 0 Å². The third-order valence-electron chi connectivity index (χ3n) is 2.87. The molecule has 3 nitrogen and oxygen atoms in total. The predicted octanol–water partition coefficient (Wildman–Crippen LogP) is 4.36. The second-order valence-electron chi connectivity index (χ2n) is 4.24. The summed E-state index contributed by atoms with van der Waals surface area (Å²) in [6.07, 6.45) is 2.95. The lowest BCUT2D eigenvalue weighted by molar-refractivity contribution is 0.320. The molecule has 1 aromatic rings. The molecule has 20 heavy (non-hydrogen) atoms. The first kappa shape index (κ1) is 14.4. The molecule has 1 aromatic carbocycles. The topological polar surface area (TPSA) is 56.4 Å². The number of nitrogens with zero attached hydrogens (tertiary/aromatic N) is 2. The molecule has 0 saturated heterocycles. The molecule has 0 aliphatic heterocycles. The fourth-order valence-corrected chi connectivity index (χ4v) is 2.26. The first-order valence-corrected chi connectivity index (χ1v) is 6.51. The van der Waals surface area contributed by atoms with Gasteiger partial charge in [0.15, 0.2) is 0 Å². The maximum Gasteiger partial charge on any atom is 0.122 e. The molecule has 1 aliphatic carbocycles. The number of hydrogen-bond acceptors (Lipinski definition) is 3. The van der Waals surface area contributed by atoms with Crippen molar-refractivity contribution in [1.82, 2.24) is 0 Å². The van der Waals surface area contributed by atoms with Gasteiger partial charge >= 0.3 is 0 Å². The van der Waals surface area contributed by atoms with Gasteiger partial charge in [-0.15, -0.1) is 0 Å². The highest BCUT2D eigenvalue weighted by Gasteiger charge is 2.18. The number of oxime groups is 1. The standard InChI is InChI=1S/C15H10Cl2N2O/c1-9-2-4-10(5-3-9)12(8-18)11-6-14(17)15(19-20)7-13(11)16/h2-7,20H,1H3/b12-11-,19-15+. The van der Waals surface area contributed by atoms with E-state index in [1.165, 1.54) is 12.2 Å². The van der Waals surface area contributed by atoms with Crippen LogP contribution in [0.2, 0.25) is 0 Å². The molecular weight excluding hydrogens is 295 g/mol. The van der Waals surface area contributed by atoms with Crippen LogP contribution in [0.5, 0.6) is 0 Å². The lowest BCUT2D eigenvalue weighted by atomic mass is 9.96. The Kier molecular flexibility index (Phi) is 4.29. The molecule has 0 aromatic heterocycles. The maximum absolute atomic E-state index is 9.38. The average Bonchev–Trinajstić information content (AvgIpc) is 2.45. The molecule has 100 valence electrons. The minimum atomic E-state index is 0.168. The summed E-state index contributed by atoms with van der Waals surface area (Å²) in [5, 5.41) is 21.7. The molecule has 0 spiro atoms. The average molecular weight is 305 g/mol. The van der Waals surface area contributed by atoms with Gasteiger partial charge in [-0.2, -0.15) is 5.26 Å². The third kappa shape index (κ3) is 2.77. The van der Waals surface area contributed by atoms with Crippen molar-refractivity contribution < 1.29 is 5.21 Å². The monoisotopic (exact) mass is 304 g/mol. The lowest BCUT2D eigenvalue weighted by Crippen LogP contribution is -2.03. The Labute approximate surface area is 126 Å². The SMILES string of the molecule is Cc1ccc(/C(C#N)=C2C=C(Cl)/C(=N/O)C=C/2Cl)cc1. The van der Waals surface area contributed by atoms with Crippen LogP contribution in [0.15, 0.2) is 57.2 Å². The van der Waals surface area contributed by atoms with E-state index in [0.717, 1.165) is 11.1 Å². The van der Waals surface area contributed by atoms with E-state index >= 15 is 0 Å². The first-order chi connectivity index (χ1) is 9.56. The van der Waals surface area contributed by atoms with E-state index in [0.29, 0.717) is 16.2 Å². The van der Waals surface area contributed by atoms with Crippen LogP contribution in [0.4, 0.5) is 0 Å². The zero-order valence-electron chi connectivity index (χ0n) is 10.6. The zero-order chi connectivity index (χ0) is 14.7. The molecule has 0 bridgehead atoms. The van der Waals surface area contributed by atoms with Gasteiger partial charge in [0.05, 0.1) is 15.6 Å². The number of rotatable bonds is 1. The molecule has 5 heteroatoms. The van der Waals surface area contributed by atoms with Crippen molar-refractivity contribution >= 4 is 34.5 Å². The molecule has 0 fully saturated rings. The van der Waals surface area contributed by atoms with Gasteiger partial charge in [0, 0.05) is 5.57 Å². The van der Waals surface area contributed by atoms with Crippen molar-refractivity contribution in [2.75, 3.05) is 0 Å². The Bertz CT molecular complexity index is 704. The third-order valence-corrected chi connectivity index (χ3v) is 3.48. The van der Waals surface area contributed by atoms with Crippen LogP contribution in [0.3, 0.4) is 0 Å². The minimum absolute atomic E-state index is 0.168. The van der Waals surface area contributed by atoms with Crippen molar-refractivity contribution in [2.24, 2.45) is 5.16 Å². The molecule has 0 radical (unpaired) electrons. The predicted molar refractivity (Wildman–Crippen MR) is 80.8 cm³/mol. The van der Waals surface area contributed by atoms with E-state index in [9.17, 15) is 5.26 Å². The van der Waals surface area contributed by atoms with Crippen LogP contribution in [0, 0.1) is 18.3 Å². The number of nitriles is 1. The van der Waals surface area contributed by atoms with Gasteiger partial charge in [-0.25, -0.2) is 0 Å². The summed E-state index contributed by atoms with van der Waals surface area (Å²) in [6, 6.07) is 9.67. The van der Waals surface area contributed by atoms with Crippen LogP contribution in [0.1, 0.15) is 11.1 Å². The Hall–Kier alpha value is -2.02. The van der Waals surface area contributed by atoms with Crippen molar-refractivity contribution in [1.29, 1.82) is 5.26 Å². The fourth-order valence-electron chi connectivity index (χ4n) is 1.81. The molecule has 2 rings (SSSR count). The Morgan fingerprint density at radius 2 is 1.80 bits per heavy atom. The van der Waals surface area contributed by atoms with E-state index in [4.69, 9.17) is 28.4 Å². The maximum atomic E-state index is 9.38. The quantitative estimate of drug-likeness (QED) is 0.476. The van der Waals surface area contributed by atoms with Crippen LogP contribution in [0.25, 0.3) is 5.57 Å². The highest BCUT2D eigenvalue weighted by atomic mass is 35.5. The van der Waals surface area contributed by atoms with Gasteiger partial charge < -0.3 is 5.21 Å². The number of hydrogen-bond donors (Lipinski definition) is 1. The van der Waals surface area contributed by atoms with Crippen molar-refractivity contribution in [3.05, 3.63) is 63.2 Å². The minimum Gasteiger partial charge on any atom is -0.410 e.